The first kappa shape index (κ1) is 17.2. The highest BCUT2D eigenvalue weighted by molar-refractivity contribution is 5.96. The van der Waals surface area contributed by atoms with Gasteiger partial charge in [-0.2, -0.15) is 0 Å². The van der Waals surface area contributed by atoms with Gasteiger partial charge in [-0.3, -0.25) is 14.5 Å². The van der Waals surface area contributed by atoms with Crippen LogP contribution in [0.15, 0.2) is 47.1 Å². The van der Waals surface area contributed by atoms with E-state index in [2.05, 4.69) is 15.5 Å². The number of hydrogen-bond donors (Lipinski definition) is 2. The number of anilines is 1. The van der Waals surface area contributed by atoms with Gasteiger partial charge in [-0.15, -0.1) is 0 Å². The van der Waals surface area contributed by atoms with E-state index in [0.717, 1.165) is 18.8 Å². The van der Waals surface area contributed by atoms with E-state index in [0.29, 0.717) is 17.8 Å². The predicted octanol–water partition coefficient (Wildman–Crippen LogP) is 2.80. The van der Waals surface area contributed by atoms with Crippen LogP contribution in [0, 0.1) is 0 Å². The van der Waals surface area contributed by atoms with Crippen molar-refractivity contribution in [2.75, 3.05) is 25.0 Å². The zero-order chi connectivity index (χ0) is 17.6. The lowest BCUT2D eigenvalue weighted by Crippen LogP contribution is -2.36. The maximum atomic E-state index is 12.5. The molecular weight excluding hydrogens is 318 g/mol. The third-order valence-corrected chi connectivity index (χ3v) is 4.35. The number of carbonyl (C=O) groups excluding carboxylic acids is 2. The molecule has 3 rings (SSSR count). The van der Waals surface area contributed by atoms with Crippen LogP contribution < -0.4 is 10.6 Å². The van der Waals surface area contributed by atoms with Crippen molar-refractivity contribution in [2.45, 2.75) is 25.8 Å². The summed E-state index contributed by atoms with van der Waals surface area (Å²) in [5.74, 6) is 0.543. The lowest BCUT2D eigenvalue weighted by molar-refractivity contribution is -0.114. The second kappa shape index (κ2) is 7.98. The molecule has 1 aliphatic heterocycles. The third-order valence-electron chi connectivity index (χ3n) is 4.35. The summed E-state index contributed by atoms with van der Waals surface area (Å²) in [6, 6.07) is 10.8. The van der Waals surface area contributed by atoms with Crippen molar-refractivity contribution in [3.63, 3.8) is 0 Å². The molecule has 2 heterocycles. The molecule has 0 bridgehead atoms. The topological polar surface area (TPSA) is 74.6 Å². The average molecular weight is 341 g/mol. The van der Waals surface area contributed by atoms with Crippen LogP contribution in [0.2, 0.25) is 0 Å². The Morgan fingerprint density at radius 1 is 1.20 bits per heavy atom. The van der Waals surface area contributed by atoms with Crippen LogP contribution in [0.5, 0.6) is 0 Å². The van der Waals surface area contributed by atoms with E-state index < -0.39 is 0 Å². The first-order valence-electron chi connectivity index (χ1n) is 8.57. The Balaban J connectivity index is 1.66. The molecule has 1 fully saturated rings. The van der Waals surface area contributed by atoms with Gasteiger partial charge in [0.05, 0.1) is 12.3 Å². The van der Waals surface area contributed by atoms with Crippen LogP contribution >= 0.6 is 0 Å². The highest BCUT2D eigenvalue weighted by Crippen LogP contribution is 2.25. The fraction of sp³-hybridized carbons (Fsp3) is 0.368. The second-order valence-electron chi connectivity index (χ2n) is 6.25. The fourth-order valence-corrected chi connectivity index (χ4v) is 3.18. The summed E-state index contributed by atoms with van der Waals surface area (Å²) in [4.78, 5) is 26.0. The molecule has 1 unspecified atom stereocenters. The number of likely N-dealkylation sites (tertiary alicyclic amines) is 1. The number of nitrogens with zero attached hydrogens (tertiary/aromatic N) is 1. The van der Waals surface area contributed by atoms with Crippen LogP contribution in [0.1, 0.15) is 41.9 Å². The van der Waals surface area contributed by atoms with Crippen LogP contribution in [0.3, 0.4) is 0 Å². The monoisotopic (exact) mass is 341 g/mol. The molecule has 0 radical (unpaired) electrons. The smallest absolute Gasteiger partial charge is 0.251 e. The fourth-order valence-electron chi connectivity index (χ4n) is 3.18. The SMILES string of the molecule is CC(=O)Nc1cccc(C(=O)NCC(c2ccco2)N2CCCC2)c1. The van der Waals surface area contributed by atoms with E-state index in [1.54, 1.807) is 30.5 Å². The standard InChI is InChI=1S/C19H23N3O3/c1-14(23)21-16-7-4-6-15(12-16)19(24)20-13-17(18-8-5-11-25-18)22-9-2-3-10-22/h4-8,11-12,17H,2-3,9-10,13H2,1H3,(H,20,24)(H,21,23). The lowest BCUT2D eigenvalue weighted by atomic mass is 10.1. The Kier molecular flexibility index (Phi) is 5.50. The molecule has 1 aliphatic rings. The molecule has 25 heavy (non-hydrogen) atoms. The molecule has 6 nitrogen and oxygen atoms in total. The number of nitrogens with one attached hydrogen (secondary N) is 2. The number of amides is 2. The van der Waals surface area contributed by atoms with Gasteiger partial charge in [0, 0.05) is 24.7 Å². The Labute approximate surface area is 147 Å². The third kappa shape index (κ3) is 4.48. The van der Waals surface area contributed by atoms with E-state index in [1.165, 1.54) is 19.8 Å². The van der Waals surface area contributed by atoms with E-state index in [1.807, 2.05) is 12.1 Å². The summed E-state index contributed by atoms with van der Waals surface area (Å²) >= 11 is 0. The molecule has 2 amide bonds. The Bertz CT molecular complexity index is 721. The number of benzene rings is 1. The molecule has 2 aromatic rings. The molecule has 0 aliphatic carbocycles. The van der Waals surface area contributed by atoms with Crippen molar-refractivity contribution in [1.82, 2.24) is 10.2 Å². The minimum absolute atomic E-state index is 0.0416. The maximum absolute atomic E-state index is 12.5. The van der Waals surface area contributed by atoms with Gasteiger partial charge < -0.3 is 15.1 Å². The zero-order valence-corrected chi connectivity index (χ0v) is 14.3. The van der Waals surface area contributed by atoms with Crippen molar-refractivity contribution in [3.05, 3.63) is 54.0 Å². The normalized spacial score (nSPS) is 15.7. The van der Waals surface area contributed by atoms with Crippen LogP contribution in [0.25, 0.3) is 0 Å². The van der Waals surface area contributed by atoms with Crippen molar-refractivity contribution < 1.29 is 14.0 Å². The van der Waals surface area contributed by atoms with E-state index in [9.17, 15) is 9.59 Å². The Morgan fingerprint density at radius 3 is 2.68 bits per heavy atom. The van der Waals surface area contributed by atoms with Gasteiger partial charge in [0.2, 0.25) is 5.91 Å². The van der Waals surface area contributed by atoms with E-state index >= 15 is 0 Å². The van der Waals surface area contributed by atoms with Crippen LogP contribution in [-0.4, -0.2) is 36.3 Å². The molecule has 1 atom stereocenters. The number of carbonyl (C=O) groups is 2. The largest absolute Gasteiger partial charge is 0.468 e. The van der Waals surface area contributed by atoms with Gasteiger partial charge in [-0.05, 0) is 56.3 Å². The summed E-state index contributed by atoms with van der Waals surface area (Å²) in [5.41, 5.74) is 1.13. The predicted molar refractivity (Wildman–Crippen MR) is 95.3 cm³/mol. The van der Waals surface area contributed by atoms with Crippen molar-refractivity contribution >= 4 is 17.5 Å². The van der Waals surface area contributed by atoms with Crippen LogP contribution in [0.4, 0.5) is 5.69 Å². The van der Waals surface area contributed by atoms with Crippen molar-refractivity contribution in [1.29, 1.82) is 0 Å². The summed E-state index contributed by atoms with van der Waals surface area (Å²) in [6.07, 6.45) is 4.00. The van der Waals surface area contributed by atoms with Gasteiger partial charge >= 0.3 is 0 Å². The molecule has 6 heteroatoms. The molecular formula is C19H23N3O3. The molecule has 0 spiro atoms. The van der Waals surface area contributed by atoms with Crippen LogP contribution in [-0.2, 0) is 4.79 Å². The summed E-state index contributed by atoms with van der Waals surface area (Å²) in [5, 5.41) is 5.68. The molecule has 132 valence electrons. The number of hydrogen-bond acceptors (Lipinski definition) is 4. The Hall–Kier alpha value is -2.60. The molecule has 1 aromatic heterocycles. The number of furan rings is 1. The summed E-state index contributed by atoms with van der Waals surface area (Å²) in [6.45, 7) is 3.95. The van der Waals surface area contributed by atoms with Gasteiger partial charge in [0.1, 0.15) is 5.76 Å². The molecule has 1 aromatic carbocycles. The summed E-state index contributed by atoms with van der Waals surface area (Å²) in [7, 11) is 0. The van der Waals surface area contributed by atoms with Gasteiger partial charge in [0.25, 0.3) is 5.91 Å². The first-order chi connectivity index (χ1) is 12.1. The van der Waals surface area contributed by atoms with Crippen molar-refractivity contribution in [2.24, 2.45) is 0 Å². The number of rotatable bonds is 6. The summed E-state index contributed by atoms with van der Waals surface area (Å²) < 4.78 is 5.57. The van der Waals surface area contributed by atoms with Gasteiger partial charge in [-0.1, -0.05) is 6.07 Å². The van der Waals surface area contributed by atoms with Gasteiger partial charge in [-0.25, -0.2) is 0 Å². The molecule has 2 N–H and O–H groups in total. The maximum Gasteiger partial charge on any atom is 0.251 e. The minimum atomic E-state index is -0.164. The lowest BCUT2D eigenvalue weighted by Gasteiger charge is -2.26. The van der Waals surface area contributed by atoms with Gasteiger partial charge in [0.15, 0.2) is 0 Å². The zero-order valence-electron chi connectivity index (χ0n) is 14.3. The average Bonchev–Trinajstić information content (AvgIpc) is 3.29. The van der Waals surface area contributed by atoms with E-state index in [4.69, 9.17) is 4.42 Å². The molecule has 1 saturated heterocycles. The quantitative estimate of drug-likeness (QED) is 0.847. The highest BCUT2D eigenvalue weighted by Gasteiger charge is 2.26. The minimum Gasteiger partial charge on any atom is -0.468 e. The Morgan fingerprint density at radius 2 is 2.00 bits per heavy atom. The van der Waals surface area contributed by atoms with E-state index in [-0.39, 0.29) is 17.9 Å². The second-order valence-corrected chi connectivity index (χ2v) is 6.25. The molecule has 0 saturated carbocycles. The highest BCUT2D eigenvalue weighted by atomic mass is 16.3. The van der Waals surface area contributed by atoms with Crippen molar-refractivity contribution in [3.8, 4) is 0 Å². The first-order valence-corrected chi connectivity index (χ1v) is 8.57.